The van der Waals surface area contributed by atoms with Gasteiger partial charge in [-0.2, -0.15) is 0 Å². The van der Waals surface area contributed by atoms with E-state index < -0.39 is 24.1 Å². The summed E-state index contributed by atoms with van der Waals surface area (Å²) in [6.45, 7) is 4.76. The molecule has 0 saturated carbocycles. The second-order valence-electron chi connectivity index (χ2n) is 5.08. The van der Waals surface area contributed by atoms with Crippen LogP contribution in [0.4, 0.5) is 0 Å². The summed E-state index contributed by atoms with van der Waals surface area (Å²) < 4.78 is 9.63. The van der Waals surface area contributed by atoms with Crippen molar-refractivity contribution in [2.75, 3.05) is 6.61 Å². The quantitative estimate of drug-likeness (QED) is 0.389. The van der Waals surface area contributed by atoms with Crippen molar-refractivity contribution in [2.24, 2.45) is 5.92 Å². The summed E-state index contributed by atoms with van der Waals surface area (Å²) in [7, 11) is 0. The van der Waals surface area contributed by atoms with Crippen LogP contribution in [0.5, 0.6) is 0 Å². The number of carbonyl (C=O) groups is 2. The van der Waals surface area contributed by atoms with Crippen LogP contribution in [-0.2, 0) is 19.1 Å². The lowest BCUT2D eigenvalue weighted by Crippen LogP contribution is -2.18. The average molecular weight is 258 g/mol. The van der Waals surface area contributed by atoms with E-state index in [1.54, 1.807) is 0 Å². The molecule has 1 rings (SSSR count). The molecule has 18 heavy (non-hydrogen) atoms. The van der Waals surface area contributed by atoms with E-state index in [9.17, 15) is 9.59 Å². The molecule has 2 unspecified atom stereocenters. The summed E-state index contributed by atoms with van der Waals surface area (Å²) in [5, 5.41) is 8.55. The lowest BCUT2D eigenvalue weighted by Gasteiger charge is -2.05. The highest BCUT2D eigenvalue weighted by molar-refractivity contribution is 5.88. The van der Waals surface area contributed by atoms with Crippen molar-refractivity contribution in [1.29, 1.82) is 0 Å². The monoisotopic (exact) mass is 258 g/mol. The molecule has 0 bridgehead atoms. The molecular weight excluding hydrogens is 236 g/mol. The van der Waals surface area contributed by atoms with E-state index in [0.29, 0.717) is 6.61 Å². The molecule has 0 radical (unpaired) electrons. The topological polar surface area (TPSA) is 76.1 Å². The summed E-state index contributed by atoms with van der Waals surface area (Å²) >= 11 is 0. The Labute approximate surface area is 107 Å². The van der Waals surface area contributed by atoms with Crippen molar-refractivity contribution in [3.05, 3.63) is 0 Å². The maximum Gasteiger partial charge on any atom is 0.338 e. The number of aliphatic carboxylic acids is 1. The highest BCUT2D eigenvalue weighted by Gasteiger charge is 2.51. The normalized spacial score (nSPS) is 21.9. The second-order valence-corrected chi connectivity index (χ2v) is 5.08. The zero-order valence-corrected chi connectivity index (χ0v) is 11.1. The van der Waals surface area contributed by atoms with Crippen molar-refractivity contribution in [2.45, 2.75) is 58.2 Å². The molecule has 0 aromatic carbocycles. The van der Waals surface area contributed by atoms with E-state index in [2.05, 4.69) is 18.6 Å². The predicted octanol–water partition coefficient (Wildman–Crippen LogP) is 1.99. The molecule has 2 atom stereocenters. The third-order valence-corrected chi connectivity index (χ3v) is 2.89. The fourth-order valence-electron chi connectivity index (χ4n) is 1.74. The molecular formula is C13H22O5. The first-order valence-corrected chi connectivity index (χ1v) is 6.57. The van der Waals surface area contributed by atoms with Crippen LogP contribution >= 0.6 is 0 Å². The van der Waals surface area contributed by atoms with Gasteiger partial charge in [-0.25, -0.2) is 9.59 Å². The molecule has 0 amide bonds. The van der Waals surface area contributed by atoms with Crippen molar-refractivity contribution in [1.82, 2.24) is 0 Å². The number of carboxylic acids is 1. The number of rotatable bonds is 9. The molecule has 0 aromatic rings. The summed E-state index contributed by atoms with van der Waals surface area (Å²) in [4.78, 5) is 21.7. The van der Waals surface area contributed by atoms with Crippen molar-refractivity contribution < 1.29 is 24.2 Å². The predicted molar refractivity (Wildman–Crippen MR) is 65.2 cm³/mol. The molecule has 0 aliphatic carbocycles. The number of hydrogen-bond acceptors (Lipinski definition) is 4. The number of esters is 1. The molecule has 1 fully saturated rings. The van der Waals surface area contributed by atoms with Gasteiger partial charge in [0.1, 0.15) is 0 Å². The van der Waals surface area contributed by atoms with E-state index in [1.165, 1.54) is 12.8 Å². The van der Waals surface area contributed by atoms with Crippen LogP contribution in [0.2, 0.25) is 0 Å². The number of carbonyl (C=O) groups excluding carboxylic acids is 1. The molecule has 1 saturated heterocycles. The number of ether oxygens (including phenoxy) is 2. The summed E-state index contributed by atoms with van der Waals surface area (Å²) in [5.74, 6) is -0.919. The lowest BCUT2D eigenvalue weighted by molar-refractivity contribution is -0.146. The third-order valence-electron chi connectivity index (χ3n) is 2.89. The zero-order valence-electron chi connectivity index (χ0n) is 11.1. The van der Waals surface area contributed by atoms with Crippen molar-refractivity contribution >= 4 is 11.9 Å². The van der Waals surface area contributed by atoms with Crippen LogP contribution in [0.1, 0.15) is 46.0 Å². The minimum atomic E-state index is -1.11. The Morgan fingerprint density at radius 3 is 2.39 bits per heavy atom. The lowest BCUT2D eigenvalue weighted by atomic mass is 10.0. The Hall–Kier alpha value is -1.10. The Bertz CT molecular complexity index is 287. The van der Waals surface area contributed by atoms with Crippen LogP contribution in [0.15, 0.2) is 0 Å². The fraction of sp³-hybridized carbons (Fsp3) is 0.846. The van der Waals surface area contributed by atoms with Crippen LogP contribution in [0.3, 0.4) is 0 Å². The molecule has 0 spiro atoms. The zero-order chi connectivity index (χ0) is 13.5. The minimum absolute atomic E-state index is 0.354. The SMILES string of the molecule is CC(C)CCCCCCOC(=O)C1OC1C(=O)O. The maximum absolute atomic E-state index is 11.3. The number of unbranched alkanes of at least 4 members (excludes halogenated alkanes) is 3. The summed E-state index contributed by atoms with van der Waals surface area (Å²) in [6, 6.07) is 0. The highest BCUT2D eigenvalue weighted by Crippen LogP contribution is 2.23. The molecule has 1 N–H and O–H groups in total. The first-order valence-electron chi connectivity index (χ1n) is 6.57. The van der Waals surface area contributed by atoms with Gasteiger partial charge in [0.05, 0.1) is 6.61 Å². The molecule has 1 aliphatic rings. The first kappa shape index (κ1) is 15.0. The number of epoxide rings is 1. The van der Waals surface area contributed by atoms with Gasteiger partial charge < -0.3 is 14.6 Å². The van der Waals surface area contributed by atoms with Crippen LogP contribution < -0.4 is 0 Å². The Morgan fingerprint density at radius 2 is 1.83 bits per heavy atom. The van der Waals surface area contributed by atoms with Crippen LogP contribution in [-0.4, -0.2) is 35.9 Å². The van der Waals surface area contributed by atoms with Gasteiger partial charge in [0.25, 0.3) is 0 Å². The Morgan fingerprint density at radius 1 is 1.17 bits per heavy atom. The van der Waals surface area contributed by atoms with E-state index in [0.717, 1.165) is 25.2 Å². The number of carboxylic acid groups (broad SMARTS) is 1. The van der Waals surface area contributed by atoms with Gasteiger partial charge >= 0.3 is 11.9 Å². The molecule has 1 aliphatic heterocycles. The fourth-order valence-corrected chi connectivity index (χ4v) is 1.74. The molecule has 104 valence electrons. The van der Waals surface area contributed by atoms with E-state index in [-0.39, 0.29) is 0 Å². The van der Waals surface area contributed by atoms with Gasteiger partial charge in [-0.15, -0.1) is 0 Å². The number of hydrogen-bond donors (Lipinski definition) is 1. The maximum atomic E-state index is 11.3. The Balaban J connectivity index is 1.92. The first-order chi connectivity index (χ1) is 8.52. The summed E-state index contributed by atoms with van der Waals surface area (Å²) in [6.07, 6.45) is 3.57. The third kappa shape index (κ3) is 5.49. The van der Waals surface area contributed by atoms with Crippen molar-refractivity contribution in [3.63, 3.8) is 0 Å². The highest BCUT2D eigenvalue weighted by atomic mass is 16.7. The van der Waals surface area contributed by atoms with E-state index in [4.69, 9.17) is 9.84 Å². The van der Waals surface area contributed by atoms with Gasteiger partial charge in [-0.05, 0) is 12.3 Å². The Kier molecular flexibility index (Phi) is 6.12. The smallest absolute Gasteiger partial charge is 0.338 e. The van der Waals surface area contributed by atoms with Gasteiger partial charge in [0, 0.05) is 0 Å². The minimum Gasteiger partial charge on any atom is -0.479 e. The standard InChI is InChI=1S/C13H22O5/c1-9(2)7-5-3-4-6-8-17-13(16)11-10(18-11)12(14)15/h9-11H,3-8H2,1-2H3,(H,14,15). The van der Waals surface area contributed by atoms with Crippen LogP contribution in [0.25, 0.3) is 0 Å². The van der Waals surface area contributed by atoms with Gasteiger partial charge in [-0.1, -0.05) is 39.5 Å². The molecule has 5 nitrogen and oxygen atoms in total. The molecule has 5 heteroatoms. The van der Waals surface area contributed by atoms with E-state index >= 15 is 0 Å². The van der Waals surface area contributed by atoms with Gasteiger partial charge in [0.15, 0.2) is 12.2 Å². The largest absolute Gasteiger partial charge is 0.479 e. The molecule has 0 aromatic heterocycles. The van der Waals surface area contributed by atoms with Crippen LogP contribution in [0, 0.1) is 5.92 Å². The molecule has 1 heterocycles. The van der Waals surface area contributed by atoms with Gasteiger partial charge in [0.2, 0.25) is 0 Å². The van der Waals surface area contributed by atoms with Crippen molar-refractivity contribution in [3.8, 4) is 0 Å². The van der Waals surface area contributed by atoms with E-state index in [1.807, 2.05) is 0 Å². The average Bonchev–Trinajstić information content (AvgIpc) is 3.07. The van der Waals surface area contributed by atoms with Gasteiger partial charge in [-0.3, -0.25) is 0 Å². The summed E-state index contributed by atoms with van der Waals surface area (Å²) in [5.41, 5.74) is 0. The second kappa shape index (κ2) is 7.36.